The molecule has 50 heavy (non-hydrogen) atoms. The Hall–Kier alpha value is -3.84. The van der Waals surface area contributed by atoms with Crippen LogP contribution in [0.1, 0.15) is 80.2 Å². The molecular weight excluding hydrogens is 642 g/mol. The molecule has 1 rings (SSSR count). The van der Waals surface area contributed by atoms with Crippen molar-refractivity contribution < 1.29 is 38.6 Å². The lowest BCUT2D eigenvalue weighted by Gasteiger charge is -2.36. The molecule has 0 heterocycles. The van der Waals surface area contributed by atoms with E-state index < -0.39 is 65.5 Å². The minimum atomic E-state index is -1.26. The lowest BCUT2D eigenvalue weighted by molar-refractivity contribution is -0.149. The maximum absolute atomic E-state index is 14.4. The van der Waals surface area contributed by atoms with Gasteiger partial charge in [-0.05, 0) is 57.9 Å². The molecule has 1 aromatic carbocycles. The van der Waals surface area contributed by atoms with Crippen molar-refractivity contribution in [2.45, 2.75) is 117 Å². The second-order valence-electron chi connectivity index (χ2n) is 15.0. The van der Waals surface area contributed by atoms with Gasteiger partial charge >= 0.3 is 6.03 Å². The van der Waals surface area contributed by atoms with Crippen LogP contribution in [-0.2, 0) is 35.1 Å². The van der Waals surface area contributed by atoms with Crippen LogP contribution < -0.4 is 5.32 Å². The number of carbonyl (C=O) groups excluding carboxylic acids is 6. The monoisotopic (exact) mass is 703 g/mol. The smallest absolute Gasteiger partial charge is 0.326 e. The first-order valence-electron chi connectivity index (χ1n) is 17.3. The molecule has 13 nitrogen and oxygen atoms in total. The van der Waals surface area contributed by atoms with Crippen LogP contribution in [0.2, 0.25) is 0 Å². The zero-order valence-electron chi connectivity index (χ0n) is 32.1. The van der Waals surface area contributed by atoms with Crippen LogP contribution in [0, 0.1) is 11.8 Å². The van der Waals surface area contributed by atoms with Crippen molar-refractivity contribution in [3.8, 4) is 0 Å². The van der Waals surface area contributed by atoms with Gasteiger partial charge in [-0.25, -0.2) is 4.79 Å². The van der Waals surface area contributed by atoms with Crippen molar-refractivity contribution in [2.75, 3.05) is 34.8 Å². The molecule has 0 radical (unpaired) electrons. The third kappa shape index (κ3) is 14.2. The summed E-state index contributed by atoms with van der Waals surface area (Å²) in [5, 5.41) is 12.4. The number of benzene rings is 1. The SMILES string of the molecule is CC(C)C[C@@H](C=O)N(C)C(=O)[C@H](Cc1ccccc1)N(C)C(=O)[C@H](COC(C)(C)C)NC(=O)[C@H](CC(C)C)N(C)C(=O)N(C)C(=O)C[C@@H](C)O. The minimum Gasteiger partial charge on any atom is -0.393 e. The van der Waals surface area contributed by atoms with Crippen molar-refractivity contribution in [1.29, 1.82) is 0 Å². The molecule has 0 unspecified atom stereocenters. The minimum absolute atomic E-state index is 0.0536. The van der Waals surface area contributed by atoms with Gasteiger partial charge in [0, 0.05) is 34.6 Å². The van der Waals surface area contributed by atoms with E-state index in [2.05, 4.69) is 5.32 Å². The molecule has 0 aliphatic rings. The number of urea groups is 1. The van der Waals surface area contributed by atoms with E-state index in [1.54, 1.807) is 27.8 Å². The van der Waals surface area contributed by atoms with Gasteiger partial charge in [0.25, 0.3) is 0 Å². The van der Waals surface area contributed by atoms with E-state index >= 15 is 0 Å². The summed E-state index contributed by atoms with van der Waals surface area (Å²) in [5.74, 6) is -2.20. The van der Waals surface area contributed by atoms with E-state index in [0.717, 1.165) is 21.6 Å². The highest BCUT2D eigenvalue weighted by Crippen LogP contribution is 2.18. The van der Waals surface area contributed by atoms with Crippen LogP contribution in [0.3, 0.4) is 0 Å². The quantitative estimate of drug-likeness (QED) is 0.221. The van der Waals surface area contributed by atoms with Crippen LogP contribution in [0.15, 0.2) is 30.3 Å². The summed E-state index contributed by atoms with van der Waals surface area (Å²) >= 11 is 0. The Kier molecular flexibility index (Phi) is 17.8. The van der Waals surface area contributed by atoms with Crippen LogP contribution in [0.25, 0.3) is 0 Å². The van der Waals surface area contributed by atoms with Crippen LogP contribution in [0.4, 0.5) is 4.79 Å². The fourth-order valence-electron chi connectivity index (χ4n) is 5.34. The molecule has 1 aromatic rings. The van der Waals surface area contributed by atoms with E-state index in [1.807, 2.05) is 58.0 Å². The zero-order valence-corrected chi connectivity index (χ0v) is 32.1. The van der Waals surface area contributed by atoms with Crippen LogP contribution >= 0.6 is 0 Å². The van der Waals surface area contributed by atoms with Gasteiger partial charge in [0.2, 0.25) is 23.6 Å². The molecule has 5 atom stereocenters. The predicted molar refractivity (Wildman–Crippen MR) is 192 cm³/mol. The Morgan fingerprint density at radius 2 is 1.38 bits per heavy atom. The van der Waals surface area contributed by atoms with Gasteiger partial charge in [-0.15, -0.1) is 0 Å². The highest BCUT2D eigenvalue weighted by atomic mass is 16.5. The summed E-state index contributed by atoms with van der Waals surface area (Å²) in [6, 6.07) is 4.40. The number of hydrogen-bond donors (Lipinski definition) is 2. The summed E-state index contributed by atoms with van der Waals surface area (Å²) in [4.78, 5) is 85.0. The largest absolute Gasteiger partial charge is 0.393 e. The molecule has 6 amide bonds. The molecule has 282 valence electrons. The molecule has 0 saturated heterocycles. The van der Waals surface area contributed by atoms with Crippen LogP contribution in [-0.4, -0.2) is 131 Å². The predicted octanol–water partition coefficient (Wildman–Crippen LogP) is 3.12. The van der Waals surface area contributed by atoms with Crippen molar-refractivity contribution >= 4 is 35.9 Å². The number of rotatable bonds is 18. The van der Waals surface area contributed by atoms with E-state index in [9.17, 15) is 33.9 Å². The summed E-state index contributed by atoms with van der Waals surface area (Å²) in [7, 11) is 5.72. The Morgan fingerprint density at radius 1 is 0.820 bits per heavy atom. The topological polar surface area (TPSA) is 157 Å². The summed E-state index contributed by atoms with van der Waals surface area (Å²) in [5.41, 5.74) is 0.107. The normalized spacial score (nSPS) is 14.6. The summed E-state index contributed by atoms with van der Waals surface area (Å²) < 4.78 is 5.98. The molecule has 0 aromatic heterocycles. The maximum atomic E-state index is 14.4. The Balaban J connectivity index is 3.54. The lowest BCUT2D eigenvalue weighted by Crippen LogP contribution is -2.60. The molecule has 2 N–H and O–H groups in total. The highest BCUT2D eigenvalue weighted by molar-refractivity contribution is 5.98. The number of hydrogen-bond acceptors (Lipinski definition) is 8. The average Bonchev–Trinajstić information content (AvgIpc) is 3.03. The fourth-order valence-corrected chi connectivity index (χ4v) is 5.34. The molecular formula is C37H61N5O8. The number of imide groups is 1. The number of carbonyl (C=O) groups is 6. The van der Waals surface area contributed by atoms with Gasteiger partial charge < -0.3 is 34.7 Å². The van der Waals surface area contributed by atoms with Gasteiger partial charge in [-0.1, -0.05) is 58.0 Å². The van der Waals surface area contributed by atoms with Gasteiger partial charge in [-0.2, -0.15) is 0 Å². The first-order chi connectivity index (χ1) is 23.1. The van der Waals surface area contributed by atoms with E-state index in [0.29, 0.717) is 6.42 Å². The third-order valence-corrected chi connectivity index (χ3v) is 8.28. The number of nitrogens with zero attached hydrogens (tertiary/aromatic N) is 4. The second-order valence-corrected chi connectivity index (χ2v) is 15.0. The summed E-state index contributed by atoms with van der Waals surface area (Å²) in [6.07, 6.45) is 0.325. The molecule has 0 saturated carbocycles. The fraction of sp³-hybridized carbons (Fsp3) is 0.676. The van der Waals surface area contributed by atoms with E-state index in [4.69, 9.17) is 4.74 Å². The number of aldehydes is 1. The molecule has 0 aliphatic heterocycles. The Labute approximate surface area is 298 Å². The van der Waals surface area contributed by atoms with Gasteiger partial charge in [0.1, 0.15) is 24.4 Å². The van der Waals surface area contributed by atoms with Gasteiger partial charge in [-0.3, -0.25) is 24.1 Å². The number of aliphatic hydroxyl groups is 1. The van der Waals surface area contributed by atoms with Crippen molar-refractivity contribution in [3.63, 3.8) is 0 Å². The zero-order chi connectivity index (χ0) is 38.5. The second kappa shape index (κ2) is 20.1. The number of ether oxygens (including phenoxy) is 1. The summed E-state index contributed by atoms with van der Waals surface area (Å²) in [6.45, 7) is 14.3. The molecule has 0 fully saturated rings. The number of aliphatic hydroxyl groups excluding tert-OH is 1. The first-order valence-corrected chi connectivity index (χ1v) is 17.3. The third-order valence-electron chi connectivity index (χ3n) is 8.28. The van der Waals surface area contributed by atoms with Gasteiger partial charge in [0.05, 0.1) is 30.8 Å². The standard InChI is InChI=1S/C37H61N5O8/c1-24(2)18-28(22-43)39(9)35(48)31(21-27-16-14-13-15-17-27)40(10)34(47)29(23-50-37(6,7)8)38-33(46)30(19-25(3)4)41(11)36(49)42(12)32(45)20-26(5)44/h13-17,22,24-26,28-31,44H,18-21,23H2,1-12H3,(H,38,46)/t26-,28+,29+,30+,31+/m1/s1. The molecule has 0 spiro atoms. The number of nitrogens with one attached hydrogen (secondary N) is 1. The number of likely N-dealkylation sites (N-methyl/N-ethyl adjacent to an activating group) is 3. The highest BCUT2D eigenvalue weighted by Gasteiger charge is 2.38. The van der Waals surface area contributed by atoms with Crippen molar-refractivity contribution in [3.05, 3.63) is 35.9 Å². The Bertz CT molecular complexity index is 1280. The van der Waals surface area contributed by atoms with E-state index in [-0.39, 0.29) is 37.7 Å². The molecule has 13 heteroatoms. The lowest BCUT2D eigenvalue weighted by atomic mass is 9.99. The molecule has 0 bridgehead atoms. The van der Waals surface area contributed by atoms with Gasteiger partial charge in [0.15, 0.2) is 0 Å². The maximum Gasteiger partial charge on any atom is 0.326 e. The first kappa shape index (κ1) is 44.2. The molecule has 0 aliphatic carbocycles. The van der Waals surface area contributed by atoms with E-state index in [1.165, 1.54) is 37.9 Å². The average molecular weight is 704 g/mol. The van der Waals surface area contributed by atoms with Crippen LogP contribution in [0.5, 0.6) is 0 Å². The van der Waals surface area contributed by atoms with Crippen molar-refractivity contribution in [2.24, 2.45) is 11.8 Å². The number of amides is 6. The van der Waals surface area contributed by atoms with Crippen molar-refractivity contribution in [1.82, 2.24) is 24.9 Å². The Morgan fingerprint density at radius 3 is 1.86 bits per heavy atom.